The molecular formula is C8H10N6O2S2. The van der Waals surface area contributed by atoms with E-state index in [1.54, 1.807) is 6.07 Å². The highest BCUT2D eigenvalue weighted by molar-refractivity contribution is 7.92. The first-order valence-corrected chi connectivity index (χ1v) is 7.25. The SMILES string of the molecule is CCNc1ccc(S(=O)(=O)Nc2nnns2)cn1. The Hall–Kier alpha value is -1.81. The van der Waals surface area contributed by atoms with Gasteiger partial charge in [-0.2, -0.15) is 0 Å². The summed E-state index contributed by atoms with van der Waals surface area (Å²) >= 11 is 0.860. The molecular weight excluding hydrogens is 276 g/mol. The molecule has 0 aromatic carbocycles. The summed E-state index contributed by atoms with van der Waals surface area (Å²) in [6.07, 6.45) is 1.27. The maximum Gasteiger partial charge on any atom is 0.265 e. The lowest BCUT2D eigenvalue weighted by atomic mass is 10.4. The van der Waals surface area contributed by atoms with Crippen molar-refractivity contribution in [2.45, 2.75) is 11.8 Å². The quantitative estimate of drug-likeness (QED) is 0.826. The van der Waals surface area contributed by atoms with Crippen LogP contribution in [0.4, 0.5) is 10.9 Å². The summed E-state index contributed by atoms with van der Waals surface area (Å²) in [7, 11) is -3.69. The van der Waals surface area contributed by atoms with Crippen LogP contribution in [0.5, 0.6) is 0 Å². The summed E-state index contributed by atoms with van der Waals surface area (Å²) in [6, 6.07) is 3.05. The van der Waals surface area contributed by atoms with Crippen LogP contribution in [0, 0.1) is 0 Å². The molecule has 2 rings (SSSR count). The Kier molecular flexibility index (Phi) is 3.67. The average Bonchev–Trinajstić information content (AvgIpc) is 2.82. The topological polar surface area (TPSA) is 110 Å². The standard InChI is InChI=1S/C8H10N6O2S2/c1-2-9-7-4-3-6(5-10-7)18(15,16)12-8-11-13-14-17-8/h3-5H,2H2,1H3,(H,9,10)(H,11,12,14). The molecule has 2 heterocycles. The van der Waals surface area contributed by atoms with Crippen LogP contribution >= 0.6 is 11.5 Å². The number of pyridine rings is 1. The van der Waals surface area contributed by atoms with Crippen molar-refractivity contribution in [3.63, 3.8) is 0 Å². The number of anilines is 2. The van der Waals surface area contributed by atoms with E-state index < -0.39 is 10.0 Å². The normalized spacial score (nSPS) is 11.2. The van der Waals surface area contributed by atoms with E-state index in [1.165, 1.54) is 12.3 Å². The van der Waals surface area contributed by atoms with Crippen molar-refractivity contribution >= 4 is 32.5 Å². The maximum atomic E-state index is 11.9. The van der Waals surface area contributed by atoms with Gasteiger partial charge in [0.15, 0.2) is 0 Å². The van der Waals surface area contributed by atoms with Crippen molar-refractivity contribution in [3.8, 4) is 0 Å². The third-order valence-corrected chi connectivity index (χ3v) is 3.89. The molecule has 2 N–H and O–H groups in total. The van der Waals surface area contributed by atoms with Gasteiger partial charge in [-0.1, -0.05) is 9.59 Å². The Labute approximate surface area is 108 Å². The van der Waals surface area contributed by atoms with Gasteiger partial charge in [0.2, 0.25) is 5.13 Å². The van der Waals surface area contributed by atoms with E-state index in [2.05, 4.69) is 29.8 Å². The zero-order valence-corrected chi connectivity index (χ0v) is 11.0. The van der Waals surface area contributed by atoms with Crippen molar-refractivity contribution in [2.24, 2.45) is 0 Å². The van der Waals surface area contributed by atoms with Crippen molar-refractivity contribution in [1.29, 1.82) is 0 Å². The molecule has 0 saturated carbocycles. The number of hydrogen-bond donors (Lipinski definition) is 2. The molecule has 2 aromatic rings. The first-order valence-electron chi connectivity index (χ1n) is 4.99. The zero-order valence-electron chi connectivity index (χ0n) is 9.36. The van der Waals surface area contributed by atoms with E-state index in [4.69, 9.17) is 0 Å². The molecule has 0 amide bonds. The molecule has 96 valence electrons. The molecule has 10 heteroatoms. The molecule has 18 heavy (non-hydrogen) atoms. The van der Waals surface area contributed by atoms with Crippen LogP contribution in [0.25, 0.3) is 0 Å². The second-order valence-electron chi connectivity index (χ2n) is 3.18. The van der Waals surface area contributed by atoms with Crippen LogP contribution in [0.1, 0.15) is 6.92 Å². The number of aromatic nitrogens is 4. The monoisotopic (exact) mass is 286 g/mol. The molecule has 8 nitrogen and oxygen atoms in total. The summed E-state index contributed by atoms with van der Waals surface area (Å²) < 4.78 is 29.5. The largest absolute Gasteiger partial charge is 0.370 e. The highest BCUT2D eigenvalue weighted by Gasteiger charge is 2.16. The minimum atomic E-state index is -3.69. The van der Waals surface area contributed by atoms with E-state index in [0.29, 0.717) is 12.4 Å². The lowest BCUT2D eigenvalue weighted by Crippen LogP contribution is -2.13. The van der Waals surface area contributed by atoms with Crippen LogP contribution in [-0.2, 0) is 10.0 Å². The Morgan fingerprint density at radius 3 is 2.78 bits per heavy atom. The highest BCUT2D eigenvalue weighted by atomic mass is 32.2. The van der Waals surface area contributed by atoms with Crippen LogP contribution in [-0.4, -0.2) is 34.7 Å². The minimum absolute atomic E-state index is 0.0550. The fourth-order valence-corrected chi connectivity index (χ4v) is 2.70. The van der Waals surface area contributed by atoms with Gasteiger partial charge in [-0.3, -0.25) is 4.72 Å². The Morgan fingerprint density at radius 2 is 2.22 bits per heavy atom. The van der Waals surface area contributed by atoms with Gasteiger partial charge in [0, 0.05) is 24.3 Å². The van der Waals surface area contributed by atoms with Gasteiger partial charge >= 0.3 is 0 Å². The van der Waals surface area contributed by atoms with Crippen molar-refractivity contribution in [1.82, 2.24) is 19.8 Å². The smallest absolute Gasteiger partial charge is 0.265 e. The molecule has 0 aliphatic carbocycles. The second kappa shape index (κ2) is 5.23. The lowest BCUT2D eigenvalue weighted by molar-refractivity contribution is 0.600. The second-order valence-corrected chi connectivity index (χ2v) is 5.60. The van der Waals surface area contributed by atoms with Gasteiger partial charge in [0.05, 0.1) is 0 Å². The summed E-state index contributed by atoms with van der Waals surface area (Å²) in [4.78, 5) is 4.04. The Bertz CT molecular complexity index is 595. The molecule has 0 bridgehead atoms. The van der Waals surface area contributed by atoms with Crippen LogP contribution in [0.2, 0.25) is 0 Å². The zero-order chi connectivity index (χ0) is 13.0. The predicted octanol–water partition coefficient (Wildman–Crippen LogP) is 0.561. The van der Waals surface area contributed by atoms with Crippen LogP contribution in [0.3, 0.4) is 0 Å². The van der Waals surface area contributed by atoms with E-state index in [-0.39, 0.29) is 10.0 Å². The van der Waals surface area contributed by atoms with Gasteiger partial charge in [0.25, 0.3) is 10.0 Å². The van der Waals surface area contributed by atoms with E-state index >= 15 is 0 Å². The molecule has 0 radical (unpaired) electrons. The summed E-state index contributed by atoms with van der Waals surface area (Å²) in [5.41, 5.74) is 0. The van der Waals surface area contributed by atoms with Crippen LogP contribution < -0.4 is 10.0 Å². The van der Waals surface area contributed by atoms with Crippen LogP contribution in [0.15, 0.2) is 23.2 Å². The number of hydrogen-bond acceptors (Lipinski definition) is 8. The van der Waals surface area contributed by atoms with Gasteiger partial charge in [-0.15, -0.1) is 0 Å². The molecule has 0 aliphatic heterocycles. The summed E-state index contributed by atoms with van der Waals surface area (Å²) in [5, 5.41) is 9.90. The van der Waals surface area contributed by atoms with Gasteiger partial charge < -0.3 is 5.32 Å². The molecule has 0 fully saturated rings. The van der Waals surface area contributed by atoms with E-state index in [9.17, 15) is 8.42 Å². The van der Waals surface area contributed by atoms with E-state index in [1.807, 2.05) is 6.92 Å². The highest BCUT2D eigenvalue weighted by Crippen LogP contribution is 2.15. The van der Waals surface area contributed by atoms with Gasteiger partial charge in [0.1, 0.15) is 10.7 Å². The fourth-order valence-electron chi connectivity index (χ4n) is 1.17. The number of sulfonamides is 1. The van der Waals surface area contributed by atoms with Crippen molar-refractivity contribution in [3.05, 3.63) is 18.3 Å². The molecule has 0 unspecified atom stereocenters. The number of rotatable bonds is 5. The molecule has 0 spiro atoms. The molecule has 0 atom stereocenters. The average molecular weight is 286 g/mol. The predicted molar refractivity (Wildman–Crippen MR) is 66.9 cm³/mol. The molecule has 2 aromatic heterocycles. The van der Waals surface area contributed by atoms with E-state index in [0.717, 1.165) is 11.5 Å². The lowest BCUT2D eigenvalue weighted by Gasteiger charge is -2.05. The summed E-state index contributed by atoms with van der Waals surface area (Å²) in [6.45, 7) is 2.64. The minimum Gasteiger partial charge on any atom is -0.370 e. The maximum absolute atomic E-state index is 11.9. The molecule has 0 saturated heterocycles. The van der Waals surface area contributed by atoms with Crippen molar-refractivity contribution < 1.29 is 8.42 Å². The third-order valence-electron chi connectivity index (χ3n) is 1.93. The summed E-state index contributed by atoms with van der Waals surface area (Å²) in [5.74, 6) is 0.619. The van der Waals surface area contributed by atoms with Gasteiger partial charge in [-0.25, -0.2) is 13.4 Å². The van der Waals surface area contributed by atoms with Crippen molar-refractivity contribution in [2.75, 3.05) is 16.6 Å². The fraction of sp³-hybridized carbons (Fsp3) is 0.250. The third kappa shape index (κ3) is 2.90. The number of nitrogens with zero attached hydrogens (tertiary/aromatic N) is 4. The number of nitrogens with one attached hydrogen (secondary N) is 2. The Morgan fingerprint density at radius 1 is 1.39 bits per heavy atom. The van der Waals surface area contributed by atoms with Gasteiger partial charge in [-0.05, 0) is 24.3 Å². The first-order chi connectivity index (χ1) is 8.62. The molecule has 0 aliphatic rings. The Balaban J connectivity index is 2.19. The first kappa shape index (κ1) is 12.6.